The maximum atomic E-state index is 11.5. The van der Waals surface area contributed by atoms with Gasteiger partial charge in [-0.05, 0) is 56.3 Å². The fourth-order valence-corrected chi connectivity index (χ4v) is 3.43. The van der Waals surface area contributed by atoms with Gasteiger partial charge in [0, 0.05) is 31.7 Å². The first-order valence-corrected chi connectivity index (χ1v) is 8.40. The van der Waals surface area contributed by atoms with E-state index in [0.29, 0.717) is 18.6 Å². The van der Waals surface area contributed by atoms with Crippen molar-refractivity contribution in [2.75, 3.05) is 26.8 Å². The molecule has 128 valence electrons. The summed E-state index contributed by atoms with van der Waals surface area (Å²) in [4.78, 5) is 11.5. The lowest BCUT2D eigenvalue weighted by atomic mass is 9.74. The second-order valence-electron chi connectivity index (χ2n) is 6.36. The molecule has 5 heteroatoms. The number of methoxy groups -OCH3 is 1. The van der Waals surface area contributed by atoms with Crippen molar-refractivity contribution in [3.63, 3.8) is 0 Å². The Morgan fingerprint density at radius 3 is 2.96 bits per heavy atom. The molecule has 0 spiro atoms. The van der Waals surface area contributed by atoms with Gasteiger partial charge in [-0.25, -0.2) is 0 Å². The van der Waals surface area contributed by atoms with Crippen molar-refractivity contribution in [2.24, 2.45) is 11.7 Å². The van der Waals surface area contributed by atoms with Crippen molar-refractivity contribution in [1.82, 2.24) is 5.32 Å². The topological polar surface area (TPSA) is 84.6 Å². The zero-order valence-corrected chi connectivity index (χ0v) is 13.9. The van der Waals surface area contributed by atoms with Gasteiger partial charge in [-0.15, -0.1) is 0 Å². The molecule has 0 aliphatic carbocycles. The quantitative estimate of drug-likeness (QED) is 0.638. The van der Waals surface area contributed by atoms with Crippen LogP contribution in [0.25, 0.3) is 0 Å². The average molecular weight is 320 g/mol. The summed E-state index contributed by atoms with van der Waals surface area (Å²) in [7, 11) is 1.69. The zero-order chi connectivity index (χ0) is 16.7. The molecule has 2 atom stereocenters. The minimum atomic E-state index is -0.938. The van der Waals surface area contributed by atoms with Crippen molar-refractivity contribution in [2.45, 2.75) is 37.7 Å². The standard InChI is InChI=1S/C18H28N2O3/c1-23-11-3-2-9-18(22,16-8-5-10-20-13-16)15-7-4-6-14(12-15)17(19)21/h4,6-7,12,16,20,22H,2-3,5,8-11,13H2,1H3,(H2,19,21)/t16-,18-/m1/s1. The molecule has 0 aromatic heterocycles. The molecule has 1 fully saturated rings. The molecule has 1 saturated heterocycles. The van der Waals surface area contributed by atoms with Crippen molar-refractivity contribution < 1.29 is 14.6 Å². The molecule has 1 aliphatic rings. The van der Waals surface area contributed by atoms with Crippen LogP contribution in [0.2, 0.25) is 0 Å². The maximum absolute atomic E-state index is 11.5. The summed E-state index contributed by atoms with van der Waals surface area (Å²) in [5.41, 5.74) is 5.69. The number of nitrogens with one attached hydrogen (secondary N) is 1. The van der Waals surface area contributed by atoms with Gasteiger partial charge in [0.1, 0.15) is 0 Å². The number of carbonyl (C=O) groups excluding carboxylic acids is 1. The normalized spacial score (nSPS) is 20.9. The van der Waals surface area contributed by atoms with Gasteiger partial charge in [-0.1, -0.05) is 12.1 Å². The van der Waals surface area contributed by atoms with Gasteiger partial charge in [-0.2, -0.15) is 0 Å². The average Bonchev–Trinajstić information content (AvgIpc) is 2.59. The van der Waals surface area contributed by atoms with Crippen LogP contribution in [-0.2, 0) is 10.3 Å². The number of benzene rings is 1. The Balaban J connectivity index is 2.24. The molecule has 1 aromatic carbocycles. The van der Waals surface area contributed by atoms with Gasteiger partial charge in [0.2, 0.25) is 5.91 Å². The van der Waals surface area contributed by atoms with Crippen molar-refractivity contribution >= 4 is 5.91 Å². The number of hydrogen-bond donors (Lipinski definition) is 3. The van der Waals surface area contributed by atoms with Crippen molar-refractivity contribution in [3.05, 3.63) is 35.4 Å². The van der Waals surface area contributed by atoms with Crippen LogP contribution in [0.5, 0.6) is 0 Å². The van der Waals surface area contributed by atoms with E-state index in [1.165, 1.54) is 0 Å². The van der Waals surface area contributed by atoms with E-state index in [0.717, 1.165) is 44.3 Å². The van der Waals surface area contributed by atoms with Crippen LogP contribution in [0, 0.1) is 5.92 Å². The summed E-state index contributed by atoms with van der Waals surface area (Å²) < 4.78 is 5.10. The molecule has 1 aliphatic heterocycles. The van der Waals surface area contributed by atoms with Gasteiger partial charge >= 0.3 is 0 Å². The number of rotatable bonds is 8. The molecule has 1 heterocycles. The summed E-state index contributed by atoms with van der Waals surface area (Å²) >= 11 is 0. The summed E-state index contributed by atoms with van der Waals surface area (Å²) in [6.07, 6.45) is 4.48. The first-order chi connectivity index (χ1) is 11.1. The Morgan fingerprint density at radius 2 is 2.30 bits per heavy atom. The molecule has 1 amide bonds. The number of aliphatic hydroxyl groups is 1. The van der Waals surface area contributed by atoms with Crippen LogP contribution in [0.1, 0.15) is 48.0 Å². The van der Waals surface area contributed by atoms with E-state index in [2.05, 4.69) is 5.32 Å². The van der Waals surface area contributed by atoms with Crippen molar-refractivity contribution in [3.8, 4) is 0 Å². The van der Waals surface area contributed by atoms with Gasteiger partial charge in [0.15, 0.2) is 0 Å². The third-order valence-electron chi connectivity index (χ3n) is 4.78. The van der Waals surface area contributed by atoms with E-state index in [-0.39, 0.29) is 5.92 Å². The lowest BCUT2D eigenvalue weighted by molar-refractivity contribution is -0.0434. The zero-order valence-electron chi connectivity index (χ0n) is 13.9. The minimum absolute atomic E-state index is 0.141. The number of ether oxygens (including phenoxy) is 1. The number of primary amides is 1. The predicted octanol–water partition coefficient (Wildman–Crippen LogP) is 1.79. The highest BCUT2D eigenvalue weighted by atomic mass is 16.5. The van der Waals surface area contributed by atoms with Gasteiger partial charge in [0.05, 0.1) is 5.60 Å². The fourth-order valence-electron chi connectivity index (χ4n) is 3.43. The minimum Gasteiger partial charge on any atom is -0.385 e. The Kier molecular flexibility index (Phi) is 6.57. The van der Waals surface area contributed by atoms with Crippen LogP contribution in [0.3, 0.4) is 0 Å². The molecule has 4 N–H and O–H groups in total. The van der Waals surface area contributed by atoms with E-state index >= 15 is 0 Å². The molecule has 5 nitrogen and oxygen atoms in total. The second kappa shape index (κ2) is 8.43. The molecule has 1 aromatic rings. The predicted molar refractivity (Wildman–Crippen MR) is 90.2 cm³/mol. The largest absolute Gasteiger partial charge is 0.385 e. The summed E-state index contributed by atoms with van der Waals surface area (Å²) in [5.74, 6) is -0.322. The third-order valence-corrected chi connectivity index (χ3v) is 4.78. The van der Waals surface area contributed by atoms with E-state index in [1.54, 1.807) is 25.3 Å². The van der Waals surface area contributed by atoms with E-state index < -0.39 is 11.5 Å². The summed E-state index contributed by atoms with van der Waals surface area (Å²) in [5, 5.41) is 14.9. The fraction of sp³-hybridized carbons (Fsp3) is 0.611. The molecular formula is C18H28N2O3. The molecular weight excluding hydrogens is 292 g/mol. The third kappa shape index (κ3) is 4.53. The summed E-state index contributed by atoms with van der Waals surface area (Å²) in [6.45, 7) is 2.49. The molecule has 0 saturated carbocycles. The van der Waals surface area contributed by atoms with Crippen LogP contribution < -0.4 is 11.1 Å². The molecule has 0 bridgehead atoms. The lowest BCUT2D eigenvalue weighted by Crippen LogP contribution is -2.44. The Morgan fingerprint density at radius 1 is 1.48 bits per heavy atom. The highest BCUT2D eigenvalue weighted by molar-refractivity contribution is 5.92. The maximum Gasteiger partial charge on any atom is 0.248 e. The van der Waals surface area contributed by atoms with Crippen LogP contribution in [0.4, 0.5) is 0 Å². The monoisotopic (exact) mass is 320 g/mol. The number of piperidine rings is 1. The smallest absolute Gasteiger partial charge is 0.248 e. The van der Waals surface area contributed by atoms with Crippen LogP contribution in [-0.4, -0.2) is 37.8 Å². The number of unbranched alkanes of at least 4 members (excludes halogenated alkanes) is 1. The van der Waals surface area contributed by atoms with E-state index in [9.17, 15) is 9.90 Å². The Hall–Kier alpha value is -1.43. The highest BCUT2D eigenvalue weighted by Crippen LogP contribution is 2.38. The molecule has 0 radical (unpaired) electrons. The lowest BCUT2D eigenvalue weighted by Gasteiger charge is -2.39. The van der Waals surface area contributed by atoms with Gasteiger partial charge < -0.3 is 20.9 Å². The van der Waals surface area contributed by atoms with Gasteiger partial charge in [-0.3, -0.25) is 4.79 Å². The van der Waals surface area contributed by atoms with Crippen LogP contribution in [0.15, 0.2) is 24.3 Å². The molecule has 23 heavy (non-hydrogen) atoms. The Bertz CT molecular complexity index is 515. The summed E-state index contributed by atoms with van der Waals surface area (Å²) in [6, 6.07) is 7.13. The number of nitrogens with two attached hydrogens (primary N) is 1. The van der Waals surface area contributed by atoms with Crippen LogP contribution >= 0.6 is 0 Å². The van der Waals surface area contributed by atoms with Crippen molar-refractivity contribution in [1.29, 1.82) is 0 Å². The number of amides is 1. The number of hydrogen-bond acceptors (Lipinski definition) is 4. The molecule has 0 unspecified atom stereocenters. The SMILES string of the molecule is COCCCC[C@@](O)(c1cccc(C(N)=O)c1)[C@@H]1CCCNC1. The van der Waals surface area contributed by atoms with Gasteiger partial charge in [0.25, 0.3) is 0 Å². The highest BCUT2D eigenvalue weighted by Gasteiger charge is 2.38. The van der Waals surface area contributed by atoms with E-state index in [1.807, 2.05) is 6.07 Å². The first-order valence-electron chi connectivity index (χ1n) is 8.40. The number of carbonyl (C=O) groups is 1. The van der Waals surface area contributed by atoms with E-state index in [4.69, 9.17) is 10.5 Å². The first kappa shape index (κ1) is 17.9. The molecule has 2 rings (SSSR count). The second-order valence-corrected chi connectivity index (χ2v) is 6.36. The Labute approximate surface area is 138 Å².